The molecule has 0 N–H and O–H groups in total. The summed E-state index contributed by atoms with van der Waals surface area (Å²) < 4.78 is 10.4. The van der Waals surface area contributed by atoms with Gasteiger partial charge in [-0.1, -0.05) is 25.5 Å². The third kappa shape index (κ3) is 1.15. The standard InChI is InChI=1S/C9H10BO2/c1-2-4-7-5-3-6-8-9(7)12-10-11-8/h3,5-6H,2,4H2,1H3. The molecule has 3 heteroatoms. The van der Waals surface area contributed by atoms with Gasteiger partial charge in [-0.15, -0.1) is 0 Å². The van der Waals surface area contributed by atoms with Crippen LogP contribution in [-0.4, -0.2) is 7.69 Å². The van der Waals surface area contributed by atoms with Crippen LogP contribution in [0.1, 0.15) is 18.9 Å². The molecule has 12 heavy (non-hydrogen) atoms. The van der Waals surface area contributed by atoms with E-state index in [0.717, 1.165) is 24.3 Å². The maximum absolute atomic E-state index is 5.23. The molecule has 0 aromatic heterocycles. The van der Waals surface area contributed by atoms with E-state index in [9.17, 15) is 0 Å². The zero-order chi connectivity index (χ0) is 8.39. The van der Waals surface area contributed by atoms with Crippen molar-refractivity contribution < 1.29 is 9.31 Å². The number of hydrogen-bond acceptors (Lipinski definition) is 2. The molecule has 2 nitrogen and oxygen atoms in total. The van der Waals surface area contributed by atoms with E-state index >= 15 is 0 Å². The average Bonchev–Trinajstić information content (AvgIpc) is 2.53. The Morgan fingerprint density at radius 1 is 1.33 bits per heavy atom. The lowest BCUT2D eigenvalue weighted by atomic mass is 10.1. The van der Waals surface area contributed by atoms with Crippen LogP contribution in [0.2, 0.25) is 0 Å². The molecule has 1 heterocycles. The fourth-order valence-corrected chi connectivity index (χ4v) is 1.38. The summed E-state index contributed by atoms with van der Waals surface area (Å²) in [6.45, 7) is 2.15. The van der Waals surface area contributed by atoms with Gasteiger partial charge < -0.3 is 9.31 Å². The second-order valence-electron chi connectivity index (χ2n) is 2.83. The molecule has 0 fully saturated rings. The van der Waals surface area contributed by atoms with Crippen molar-refractivity contribution in [3.8, 4) is 11.5 Å². The number of hydrogen-bond donors (Lipinski definition) is 0. The summed E-state index contributed by atoms with van der Waals surface area (Å²) in [7, 11) is 1.38. The zero-order valence-corrected chi connectivity index (χ0v) is 7.04. The Balaban J connectivity index is 2.36. The highest BCUT2D eigenvalue weighted by Gasteiger charge is 2.18. The predicted octanol–water partition coefficient (Wildman–Crippen LogP) is 1.94. The van der Waals surface area contributed by atoms with E-state index in [1.54, 1.807) is 0 Å². The van der Waals surface area contributed by atoms with Gasteiger partial charge in [0.2, 0.25) is 0 Å². The number of fused-ring (bicyclic) bond motifs is 1. The average molecular weight is 161 g/mol. The first kappa shape index (κ1) is 7.53. The molecule has 0 bridgehead atoms. The first-order valence-corrected chi connectivity index (χ1v) is 4.18. The number of rotatable bonds is 2. The van der Waals surface area contributed by atoms with Crippen molar-refractivity contribution >= 4 is 7.69 Å². The fourth-order valence-electron chi connectivity index (χ4n) is 1.38. The summed E-state index contributed by atoms with van der Waals surface area (Å²) in [6.07, 6.45) is 2.17. The second kappa shape index (κ2) is 3.09. The Kier molecular flexibility index (Phi) is 1.94. The SMILES string of the molecule is CCCc1cccc2c1O[B]O2. The van der Waals surface area contributed by atoms with Crippen molar-refractivity contribution in [3.05, 3.63) is 23.8 Å². The predicted molar refractivity (Wildman–Crippen MR) is 47.4 cm³/mol. The first-order chi connectivity index (χ1) is 5.92. The van der Waals surface area contributed by atoms with Gasteiger partial charge in [0.15, 0.2) is 0 Å². The van der Waals surface area contributed by atoms with Crippen molar-refractivity contribution in [2.24, 2.45) is 0 Å². The van der Waals surface area contributed by atoms with Crippen molar-refractivity contribution in [1.82, 2.24) is 0 Å². The van der Waals surface area contributed by atoms with Gasteiger partial charge in [0.25, 0.3) is 0 Å². The van der Waals surface area contributed by atoms with Crippen LogP contribution in [0.15, 0.2) is 18.2 Å². The Labute approximate surface area is 72.8 Å². The van der Waals surface area contributed by atoms with E-state index in [0.29, 0.717) is 0 Å². The van der Waals surface area contributed by atoms with Gasteiger partial charge in [0.1, 0.15) is 11.5 Å². The molecule has 0 unspecified atom stereocenters. The molecule has 1 radical (unpaired) electrons. The van der Waals surface area contributed by atoms with E-state index in [4.69, 9.17) is 9.31 Å². The lowest BCUT2D eigenvalue weighted by molar-refractivity contribution is 0.539. The van der Waals surface area contributed by atoms with Gasteiger partial charge in [-0.25, -0.2) is 0 Å². The van der Waals surface area contributed by atoms with Crippen molar-refractivity contribution in [2.45, 2.75) is 19.8 Å². The number of aryl methyl sites for hydroxylation is 1. The van der Waals surface area contributed by atoms with Gasteiger partial charge in [-0.3, -0.25) is 0 Å². The van der Waals surface area contributed by atoms with Crippen LogP contribution in [0.4, 0.5) is 0 Å². The third-order valence-electron chi connectivity index (χ3n) is 1.92. The minimum atomic E-state index is 0.834. The molecular weight excluding hydrogens is 151 g/mol. The maximum atomic E-state index is 5.23. The molecule has 0 saturated heterocycles. The lowest BCUT2D eigenvalue weighted by Gasteiger charge is -2.04. The quantitative estimate of drug-likeness (QED) is 0.617. The van der Waals surface area contributed by atoms with Crippen LogP contribution >= 0.6 is 0 Å². The van der Waals surface area contributed by atoms with Gasteiger partial charge in [0, 0.05) is 0 Å². The van der Waals surface area contributed by atoms with E-state index < -0.39 is 0 Å². The highest BCUT2D eigenvalue weighted by atomic mass is 16.6. The zero-order valence-electron chi connectivity index (χ0n) is 7.04. The van der Waals surface area contributed by atoms with Crippen molar-refractivity contribution in [2.75, 3.05) is 0 Å². The molecule has 61 valence electrons. The molecule has 0 amide bonds. The molecule has 0 saturated carbocycles. The Hall–Kier alpha value is -1.12. The van der Waals surface area contributed by atoms with Crippen LogP contribution in [0.3, 0.4) is 0 Å². The summed E-state index contributed by atoms with van der Waals surface area (Å²) >= 11 is 0. The Bertz CT molecular complexity index is 286. The fraction of sp³-hybridized carbons (Fsp3) is 0.333. The van der Waals surface area contributed by atoms with E-state index in [1.165, 1.54) is 13.2 Å². The van der Waals surface area contributed by atoms with Gasteiger partial charge >= 0.3 is 7.69 Å². The number of para-hydroxylation sites is 1. The molecule has 0 spiro atoms. The van der Waals surface area contributed by atoms with Crippen LogP contribution < -0.4 is 9.31 Å². The summed E-state index contributed by atoms with van der Waals surface area (Å²) in [5, 5.41) is 0. The van der Waals surface area contributed by atoms with Crippen molar-refractivity contribution in [3.63, 3.8) is 0 Å². The molecule has 1 aromatic rings. The maximum Gasteiger partial charge on any atom is 0.658 e. The lowest BCUT2D eigenvalue weighted by Crippen LogP contribution is -2.00. The van der Waals surface area contributed by atoms with E-state index in [2.05, 4.69) is 13.0 Å². The van der Waals surface area contributed by atoms with Crippen LogP contribution in [0.5, 0.6) is 11.5 Å². The summed E-state index contributed by atoms with van der Waals surface area (Å²) in [5.41, 5.74) is 1.23. The second-order valence-corrected chi connectivity index (χ2v) is 2.83. The normalized spacial score (nSPS) is 12.8. The minimum absolute atomic E-state index is 0.834. The monoisotopic (exact) mass is 161 g/mol. The molecular formula is C9H10BO2. The molecule has 1 aliphatic heterocycles. The minimum Gasteiger partial charge on any atom is -0.524 e. The van der Waals surface area contributed by atoms with Crippen LogP contribution in [0.25, 0.3) is 0 Å². The Morgan fingerprint density at radius 3 is 3.08 bits per heavy atom. The van der Waals surface area contributed by atoms with Gasteiger partial charge in [-0.2, -0.15) is 0 Å². The molecule has 2 rings (SSSR count). The highest BCUT2D eigenvalue weighted by Crippen LogP contribution is 2.34. The van der Waals surface area contributed by atoms with Crippen LogP contribution in [-0.2, 0) is 6.42 Å². The van der Waals surface area contributed by atoms with E-state index in [1.807, 2.05) is 12.1 Å². The summed E-state index contributed by atoms with van der Waals surface area (Å²) in [4.78, 5) is 0. The smallest absolute Gasteiger partial charge is 0.524 e. The van der Waals surface area contributed by atoms with Crippen LogP contribution in [0, 0.1) is 0 Å². The van der Waals surface area contributed by atoms with E-state index in [-0.39, 0.29) is 0 Å². The summed E-state index contributed by atoms with van der Waals surface area (Å²) in [6, 6.07) is 5.98. The topological polar surface area (TPSA) is 18.5 Å². The number of benzene rings is 1. The molecule has 0 atom stereocenters. The van der Waals surface area contributed by atoms with Crippen molar-refractivity contribution in [1.29, 1.82) is 0 Å². The molecule has 1 aromatic carbocycles. The van der Waals surface area contributed by atoms with Gasteiger partial charge in [0.05, 0.1) is 0 Å². The molecule has 0 aliphatic carbocycles. The summed E-state index contributed by atoms with van der Waals surface area (Å²) in [5.74, 6) is 1.72. The van der Waals surface area contributed by atoms with Gasteiger partial charge in [-0.05, 0) is 18.1 Å². The first-order valence-electron chi connectivity index (χ1n) is 4.18. The third-order valence-corrected chi connectivity index (χ3v) is 1.92. The highest BCUT2D eigenvalue weighted by molar-refractivity contribution is 6.23. The largest absolute Gasteiger partial charge is 0.658 e. The molecule has 1 aliphatic rings. The Morgan fingerprint density at radius 2 is 2.25 bits per heavy atom.